The topological polar surface area (TPSA) is 107 Å². The lowest BCUT2D eigenvalue weighted by Gasteiger charge is -2.42. The summed E-state index contributed by atoms with van der Waals surface area (Å²) in [4.78, 5) is 34.2. The maximum absolute atomic E-state index is 13.1. The summed E-state index contributed by atoms with van der Waals surface area (Å²) >= 11 is 0. The van der Waals surface area contributed by atoms with Gasteiger partial charge in [0.15, 0.2) is 0 Å². The van der Waals surface area contributed by atoms with Gasteiger partial charge in [-0.3, -0.25) is 15.0 Å². The SMILES string of the molecule is Cc1ccc(NC(=O)C2=C(O)C3(CCCC3)N(C)NC2=O)c(-c2cc(C)ncn2)c1. The van der Waals surface area contributed by atoms with Crippen molar-refractivity contribution >= 4 is 17.5 Å². The molecule has 0 atom stereocenters. The quantitative estimate of drug-likeness (QED) is 0.676. The molecule has 4 rings (SSSR count). The molecule has 1 aromatic heterocycles. The molecule has 2 amide bonds. The van der Waals surface area contributed by atoms with E-state index in [0.717, 1.165) is 29.7 Å². The van der Waals surface area contributed by atoms with Crippen molar-refractivity contribution in [1.82, 2.24) is 20.4 Å². The number of hydrogen-bond donors (Lipinski definition) is 3. The number of benzene rings is 1. The Kier molecular flexibility index (Phi) is 5.03. The number of carbonyl (C=O) groups is 2. The predicted molar refractivity (Wildman–Crippen MR) is 112 cm³/mol. The van der Waals surface area contributed by atoms with Crippen LogP contribution in [0.4, 0.5) is 5.69 Å². The van der Waals surface area contributed by atoms with Crippen molar-refractivity contribution < 1.29 is 14.7 Å². The fourth-order valence-electron chi connectivity index (χ4n) is 4.32. The lowest BCUT2D eigenvalue weighted by Crippen LogP contribution is -2.60. The number of anilines is 1. The summed E-state index contributed by atoms with van der Waals surface area (Å²) in [6.45, 7) is 3.82. The number of nitrogens with zero attached hydrogens (tertiary/aromatic N) is 3. The third-order valence-corrected chi connectivity index (χ3v) is 5.98. The Labute approximate surface area is 175 Å². The number of aryl methyl sites for hydroxylation is 2. The zero-order chi connectivity index (χ0) is 21.5. The molecule has 0 unspecified atom stereocenters. The number of hydrogen-bond acceptors (Lipinski definition) is 6. The van der Waals surface area contributed by atoms with Crippen molar-refractivity contribution in [2.75, 3.05) is 12.4 Å². The average molecular weight is 407 g/mol. The van der Waals surface area contributed by atoms with Crippen molar-refractivity contribution in [2.24, 2.45) is 0 Å². The van der Waals surface area contributed by atoms with Gasteiger partial charge in [-0.05, 0) is 44.9 Å². The highest BCUT2D eigenvalue weighted by atomic mass is 16.3. The summed E-state index contributed by atoms with van der Waals surface area (Å²) in [5.41, 5.74) is 5.46. The summed E-state index contributed by atoms with van der Waals surface area (Å²) < 4.78 is 0. The van der Waals surface area contributed by atoms with E-state index in [2.05, 4.69) is 20.7 Å². The molecule has 2 aliphatic rings. The summed E-state index contributed by atoms with van der Waals surface area (Å²) in [6, 6.07) is 7.39. The highest BCUT2D eigenvalue weighted by molar-refractivity contribution is 6.24. The smallest absolute Gasteiger partial charge is 0.274 e. The van der Waals surface area contributed by atoms with Crippen LogP contribution < -0.4 is 10.7 Å². The van der Waals surface area contributed by atoms with Crippen LogP contribution in [0.2, 0.25) is 0 Å². The van der Waals surface area contributed by atoms with Crippen LogP contribution in [0.3, 0.4) is 0 Å². The molecular formula is C22H25N5O3. The van der Waals surface area contributed by atoms with E-state index in [9.17, 15) is 14.7 Å². The molecular weight excluding hydrogens is 382 g/mol. The monoisotopic (exact) mass is 407 g/mol. The van der Waals surface area contributed by atoms with E-state index in [0.29, 0.717) is 24.2 Å². The van der Waals surface area contributed by atoms with E-state index in [-0.39, 0.29) is 11.3 Å². The summed E-state index contributed by atoms with van der Waals surface area (Å²) in [5, 5.41) is 15.4. The molecule has 1 saturated carbocycles. The summed E-state index contributed by atoms with van der Waals surface area (Å²) in [6.07, 6.45) is 4.69. The molecule has 0 radical (unpaired) electrons. The normalized spacial score (nSPS) is 18.6. The number of aliphatic hydroxyl groups excluding tert-OH is 1. The standard InChI is InChI=1S/C22H25N5O3/c1-13-6-7-16(15(10-13)17-11-14(2)23-12-24-17)25-20(29)18-19(28)22(8-4-5-9-22)27(3)26-21(18)30/h6-7,10-12,28H,4-5,8-9H2,1-3H3,(H,25,29)(H,26,30). The number of rotatable bonds is 3. The Bertz CT molecular complexity index is 1060. The molecule has 1 spiro atoms. The molecule has 8 nitrogen and oxygen atoms in total. The van der Waals surface area contributed by atoms with Gasteiger partial charge in [0.1, 0.15) is 17.7 Å². The zero-order valence-electron chi connectivity index (χ0n) is 17.3. The van der Waals surface area contributed by atoms with Crippen LogP contribution in [0.25, 0.3) is 11.3 Å². The molecule has 3 N–H and O–H groups in total. The minimum atomic E-state index is -0.722. The number of hydrazine groups is 1. The third-order valence-electron chi connectivity index (χ3n) is 5.98. The van der Waals surface area contributed by atoms with Crippen LogP contribution in [0.15, 0.2) is 41.9 Å². The van der Waals surface area contributed by atoms with Crippen molar-refractivity contribution in [3.05, 3.63) is 53.2 Å². The van der Waals surface area contributed by atoms with Crippen molar-refractivity contribution in [3.63, 3.8) is 0 Å². The van der Waals surface area contributed by atoms with E-state index in [1.807, 2.05) is 32.0 Å². The predicted octanol–water partition coefficient (Wildman–Crippen LogP) is 2.80. The first-order chi connectivity index (χ1) is 14.3. The highest BCUT2D eigenvalue weighted by Gasteiger charge is 2.49. The van der Waals surface area contributed by atoms with Gasteiger partial charge in [0.2, 0.25) is 0 Å². The van der Waals surface area contributed by atoms with Gasteiger partial charge in [-0.2, -0.15) is 0 Å². The first-order valence-corrected chi connectivity index (χ1v) is 10.0. The largest absolute Gasteiger partial charge is 0.509 e. The molecule has 1 aliphatic carbocycles. The van der Waals surface area contributed by atoms with Crippen LogP contribution in [0, 0.1) is 13.8 Å². The van der Waals surface area contributed by atoms with E-state index in [1.54, 1.807) is 18.1 Å². The van der Waals surface area contributed by atoms with Gasteiger partial charge < -0.3 is 10.4 Å². The van der Waals surface area contributed by atoms with E-state index in [1.165, 1.54) is 6.33 Å². The lowest BCUT2D eigenvalue weighted by molar-refractivity contribution is -0.130. The van der Waals surface area contributed by atoms with Gasteiger partial charge in [0.05, 0.1) is 16.9 Å². The Morgan fingerprint density at radius 1 is 1.20 bits per heavy atom. The number of nitrogens with one attached hydrogen (secondary N) is 2. The Hall–Kier alpha value is -3.26. The molecule has 1 fully saturated rings. The summed E-state index contributed by atoms with van der Waals surface area (Å²) in [5.74, 6) is -1.41. The van der Waals surface area contributed by atoms with E-state index in [4.69, 9.17) is 0 Å². The van der Waals surface area contributed by atoms with Crippen LogP contribution in [-0.2, 0) is 9.59 Å². The molecule has 156 valence electrons. The number of carbonyl (C=O) groups excluding carboxylic acids is 2. The van der Waals surface area contributed by atoms with E-state index >= 15 is 0 Å². The van der Waals surface area contributed by atoms with Crippen LogP contribution >= 0.6 is 0 Å². The molecule has 0 bridgehead atoms. The molecule has 0 saturated heterocycles. The van der Waals surface area contributed by atoms with Crippen molar-refractivity contribution in [1.29, 1.82) is 0 Å². The second kappa shape index (κ2) is 7.53. The van der Waals surface area contributed by atoms with E-state index < -0.39 is 17.4 Å². The third kappa shape index (κ3) is 3.33. The molecule has 1 aromatic carbocycles. The fourth-order valence-corrected chi connectivity index (χ4v) is 4.32. The lowest BCUT2D eigenvalue weighted by atomic mass is 9.88. The molecule has 2 aromatic rings. The van der Waals surface area contributed by atoms with Gasteiger partial charge in [0.25, 0.3) is 11.8 Å². The first-order valence-electron chi connectivity index (χ1n) is 10.0. The molecule has 30 heavy (non-hydrogen) atoms. The number of likely N-dealkylation sites (N-methyl/N-ethyl adjacent to an activating group) is 1. The van der Waals surface area contributed by atoms with Crippen molar-refractivity contribution in [2.45, 2.75) is 45.1 Å². The maximum atomic E-state index is 13.1. The van der Waals surface area contributed by atoms with Gasteiger partial charge in [-0.1, -0.05) is 24.5 Å². The van der Waals surface area contributed by atoms with Gasteiger partial charge in [-0.15, -0.1) is 0 Å². The molecule has 1 aliphatic heterocycles. The van der Waals surface area contributed by atoms with Crippen molar-refractivity contribution in [3.8, 4) is 11.3 Å². The molecule has 2 heterocycles. The first kappa shape index (κ1) is 20.0. The number of aromatic nitrogens is 2. The maximum Gasteiger partial charge on any atom is 0.274 e. The molecule has 8 heteroatoms. The Morgan fingerprint density at radius 3 is 2.63 bits per heavy atom. The zero-order valence-corrected chi connectivity index (χ0v) is 17.3. The minimum absolute atomic E-state index is 0.157. The summed E-state index contributed by atoms with van der Waals surface area (Å²) in [7, 11) is 1.73. The average Bonchev–Trinajstić information content (AvgIpc) is 3.19. The number of aliphatic hydroxyl groups is 1. The fraction of sp³-hybridized carbons (Fsp3) is 0.364. The van der Waals surface area contributed by atoms with Crippen LogP contribution in [0.1, 0.15) is 36.9 Å². The second-order valence-corrected chi connectivity index (χ2v) is 8.01. The highest BCUT2D eigenvalue weighted by Crippen LogP contribution is 2.42. The Morgan fingerprint density at radius 2 is 1.93 bits per heavy atom. The van der Waals surface area contributed by atoms with Gasteiger partial charge >= 0.3 is 0 Å². The van der Waals surface area contributed by atoms with Gasteiger partial charge in [-0.25, -0.2) is 15.0 Å². The van der Waals surface area contributed by atoms with Crippen LogP contribution in [-0.4, -0.2) is 44.5 Å². The van der Waals surface area contributed by atoms with Crippen LogP contribution in [0.5, 0.6) is 0 Å². The van der Waals surface area contributed by atoms with Gasteiger partial charge in [0, 0.05) is 18.3 Å². The number of amides is 2. The second-order valence-electron chi connectivity index (χ2n) is 8.01. The minimum Gasteiger partial charge on any atom is -0.509 e. The Balaban J connectivity index is 1.72.